The third-order valence-corrected chi connectivity index (χ3v) is 2.31. The second-order valence-electron chi connectivity index (χ2n) is 3.98. The molecule has 0 heterocycles. The van der Waals surface area contributed by atoms with Crippen LogP contribution < -0.4 is 0 Å². The molecule has 0 aromatic rings. The second kappa shape index (κ2) is 4.25. The maximum atomic E-state index is 13.3. The van der Waals surface area contributed by atoms with Crippen LogP contribution in [-0.2, 0) is 4.74 Å². The first kappa shape index (κ1) is 16.4. The number of halogens is 8. The molecule has 1 nitrogen and oxygen atoms in total. The third kappa shape index (κ3) is 3.20. The quantitative estimate of drug-likeness (QED) is 0.706. The minimum Gasteiger partial charge on any atom is -0.306 e. The largest absolute Gasteiger partial charge is 0.425 e. The standard InChI is InChI=1S/C8H10F8O/c1-5(2,6(3,11)8(14,15)16)17-7(12,13)4(9)10/h4H,1-3H3. The first-order valence-corrected chi connectivity index (χ1v) is 4.27. The van der Waals surface area contributed by atoms with Crippen LogP contribution in [0.5, 0.6) is 0 Å². The number of hydrogen-bond acceptors (Lipinski definition) is 1. The number of hydrogen-bond donors (Lipinski definition) is 0. The fourth-order valence-electron chi connectivity index (χ4n) is 0.822. The summed E-state index contributed by atoms with van der Waals surface area (Å²) >= 11 is 0. The molecule has 1 unspecified atom stereocenters. The number of ether oxygens (including phenoxy) is 1. The highest BCUT2D eigenvalue weighted by Gasteiger charge is 2.65. The van der Waals surface area contributed by atoms with Crippen molar-refractivity contribution >= 4 is 0 Å². The van der Waals surface area contributed by atoms with E-state index in [0.717, 1.165) is 0 Å². The monoisotopic (exact) mass is 274 g/mol. The summed E-state index contributed by atoms with van der Waals surface area (Å²) in [6.07, 6.45) is -15.1. The minimum absolute atomic E-state index is 0.0610. The van der Waals surface area contributed by atoms with Crippen LogP contribution in [0.2, 0.25) is 0 Å². The van der Waals surface area contributed by atoms with Crippen molar-refractivity contribution in [3.63, 3.8) is 0 Å². The molecular weight excluding hydrogens is 264 g/mol. The first-order chi connectivity index (χ1) is 7.15. The SMILES string of the molecule is CC(C)(OC(F)(F)C(F)F)C(C)(F)C(F)(F)F. The molecule has 104 valence electrons. The molecule has 9 heteroatoms. The Kier molecular flexibility index (Phi) is 4.10. The maximum Gasteiger partial charge on any atom is 0.425 e. The van der Waals surface area contributed by atoms with Gasteiger partial charge in [0.15, 0.2) is 0 Å². The van der Waals surface area contributed by atoms with E-state index >= 15 is 0 Å². The molecule has 0 rings (SSSR count). The highest BCUT2D eigenvalue weighted by atomic mass is 19.4. The highest BCUT2D eigenvalue weighted by molar-refractivity contribution is 4.98. The molecular formula is C8H10F8O. The van der Waals surface area contributed by atoms with E-state index in [-0.39, 0.29) is 6.92 Å². The van der Waals surface area contributed by atoms with Crippen molar-refractivity contribution in [1.82, 2.24) is 0 Å². The van der Waals surface area contributed by atoms with E-state index < -0.39 is 30.0 Å². The van der Waals surface area contributed by atoms with Crippen LogP contribution in [-0.4, -0.2) is 30.0 Å². The predicted molar refractivity (Wildman–Crippen MR) is 41.7 cm³/mol. The number of alkyl halides is 8. The molecule has 0 N–H and O–H groups in total. The summed E-state index contributed by atoms with van der Waals surface area (Å²) in [7, 11) is 0. The molecule has 0 saturated heterocycles. The Labute approximate surface area is 91.7 Å². The van der Waals surface area contributed by atoms with Crippen LogP contribution in [0.25, 0.3) is 0 Å². The highest BCUT2D eigenvalue weighted by Crippen LogP contribution is 2.46. The average Bonchev–Trinajstić information content (AvgIpc) is 1.98. The third-order valence-electron chi connectivity index (χ3n) is 2.31. The molecule has 0 amide bonds. The van der Waals surface area contributed by atoms with E-state index in [1.165, 1.54) is 0 Å². The lowest BCUT2D eigenvalue weighted by Crippen LogP contribution is -2.59. The van der Waals surface area contributed by atoms with Gasteiger partial charge in [-0.05, 0) is 20.8 Å². The van der Waals surface area contributed by atoms with Crippen LogP contribution in [0.15, 0.2) is 0 Å². The van der Waals surface area contributed by atoms with Crippen molar-refractivity contribution < 1.29 is 39.9 Å². The van der Waals surface area contributed by atoms with Gasteiger partial charge in [0.05, 0.1) is 0 Å². The molecule has 0 aliphatic rings. The summed E-state index contributed by atoms with van der Waals surface area (Å²) in [4.78, 5) is 0. The molecule has 0 spiro atoms. The van der Waals surface area contributed by atoms with Crippen molar-refractivity contribution in [3.05, 3.63) is 0 Å². The molecule has 17 heavy (non-hydrogen) atoms. The van der Waals surface area contributed by atoms with Crippen molar-refractivity contribution in [1.29, 1.82) is 0 Å². The number of rotatable bonds is 4. The normalized spacial score (nSPS) is 18.4. The van der Waals surface area contributed by atoms with Gasteiger partial charge in [-0.25, -0.2) is 13.2 Å². The Hall–Kier alpha value is -0.600. The van der Waals surface area contributed by atoms with Crippen LogP contribution in [0.1, 0.15) is 20.8 Å². The van der Waals surface area contributed by atoms with E-state index in [2.05, 4.69) is 4.74 Å². The van der Waals surface area contributed by atoms with Gasteiger partial charge in [0.25, 0.3) is 0 Å². The van der Waals surface area contributed by atoms with E-state index in [1.807, 2.05) is 0 Å². The summed E-state index contributed by atoms with van der Waals surface area (Å²) in [6.45, 7) is 0.572. The van der Waals surface area contributed by atoms with Gasteiger partial charge in [-0.1, -0.05) is 0 Å². The predicted octanol–water partition coefficient (Wildman–Crippen LogP) is 3.93. The zero-order valence-corrected chi connectivity index (χ0v) is 9.01. The van der Waals surface area contributed by atoms with Gasteiger partial charge < -0.3 is 4.74 Å². The van der Waals surface area contributed by atoms with E-state index in [0.29, 0.717) is 13.8 Å². The molecule has 1 atom stereocenters. The van der Waals surface area contributed by atoms with Crippen molar-refractivity contribution in [2.24, 2.45) is 0 Å². The van der Waals surface area contributed by atoms with Crippen LogP contribution >= 0.6 is 0 Å². The fourth-order valence-corrected chi connectivity index (χ4v) is 0.822. The lowest BCUT2D eigenvalue weighted by molar-refractivity contribution is -0.379. The Morgan fingerprint density at radius 3 is 1.41 bits per heavy atom. The lowest BCUT2D eigenvalue weighted by Gasteiger charge is -2.40. The topological polar surface area (TPSA) is 9.23 Å². The average molecular weight is 274 g/mol. The molecule has 0 aromatic carbocycles. The van der Waals surface area contributed by atoms with Gasteiger partial charge in [-0.2, -0.15) is 22.0 Å². The maximum absolute atomic E-state index is 13.3. The zero-order valence-electron chi connectivity index (χ0n) is 9.01. The summed E-state index contributed by atoms with van der Waals surface area (Å²) in [5.41, 5.74) is -7.39. The minimum atomic E-state index is -5.53. The van der Waals surface area contributed by atoms with Crippen LogP contribution in [0.4, 0.5) is 35.1 Å². The van der Waals surface area contributed by atoms with Gasteiger partial charge in [0.2, 0.25) is 5.67 Å². The Morgan fingerprint density at radius 1 is 0.824 bits per heavy atom. The second-order valence-corrected chi connectivity index (χ2v) is 3.98. The molecule has 0 saturated carbocycles. The van der Waals surface area contributed by atoms with Gasteiger partial charge in [0.1, 0.15) is 5.60 Å². The van der Waals surface area contributed by atoms with Gasteiger partial charge >= 0.3 is 18.7 Å². The Balaban J connectivity index is 5.17. The van der Waals surface area contributed by atoms with E-state index in [9.17, 15) is 35.1 Å². The molecule has 0 aliphatic carbocycles. The zero-order chi connectivity index (χ0) is 14.3. The van der Waals surface area contributed by atoms with Crippen LogP contribution in [0.3, 0.4) is 0 Å². The molecule has 0 radical (unpaired) electrons. The molecule has 0 aromatic heterocycles. The fraction of sp³-hybridized carbons (Fsp3) is 1.00. The van der Waals surface area contributed by atoms with Crippen molar-refractivity contribution in [2.75, 3.05) is 0 Å². The Bertz CT molecular complexity index is 267. The van der Waals surface area contributed by atoms with E-state index in [1.54, 1.807) is 0 Å². The Morgan fingerprint density at radius 2 is 1.18 bits per heavy atom. The van der Waals surface area contributed by atoms with Gasteiger partial charge in [-0.15, -0.1) is 0 Å². The van der Waals surface area contributed by atoms with Crippen molar-refractivity contribution in [3.8, 4) is 0 Å². The van der Waals surface area contributed by atoms with Crippen molar-refractivity contribution in [2.45, 2.75) is 50.8 Å². The summed E-state index contributed by atoms with van der Waals surface area (Å²) in [5, 5.41) is 0. The van der Waals surface area contributed by atoms with Gasteiger partial charge in [0, 0.05) is 0 Å². The molecule has 0 fully saturated rings. The first-order valence-electron chi connectivity index (χ1n) is 4.27. The smallest absolute Gasteiger partial charge is 0.306 e. The summed E-state index contributed by atoms with van der Waals surface area (Å²) in [6, 6.07) is 0. The van der Waals surface area contributed by atoms with E-state index in [4.69, 9.17) is 0 Å². The molecule has 0 bridgehead atoms. The van der Waals surface area contributed by atoms with Gasteiger partial charge in [-0.3, -0.25) is 0 Å². The summed E-state index contributed by atoms with van der Waals surface area (Å²) in [5.74, 6) is 0. The lowest BCUT2D eigenvalue weighted by atomic mass is 9.88. The van der Waals surface area contributed by atoms with Crippen LogP contribution in [0, 0.1) is 0 Å². The molecule has 0 aliphatic heterocycles. The summed E-state index contributed by atoms with van der Waals surface area (Å²) < 4.78 is 102.